The van der Waals surface area contributed by atoms with Crippen molar-refractivity contribution in [1.29, 1.82) is 0 Å². The SMILES string of the molecule is Cc1c(N2CCOCC2)oc2c(C(C)N(C)c3ccccc3)cc(C(N)=O)c(C)c2c1=O. The molecule has 2 N–H and O–H groups in total. The summed E-state index contributed by atoms with van der Waals surface area (Å²) in [5.41, 5.74) is 9.23. The lowest BCUT2D eigenvalue weighted by atomic mass is 9.94. The van der Waals surface area contributed by atoms with E-state index >= 15 is 0 Å². The fourth-order valence-electron chi connectivity index (χ4n) is 4.35. The van der Waals surface area contributed by atoms with E-state index in [9.17, 15) is 9.59 Å². The van der Waals surface area contributed by atoms with Crippen molar-refractivity contribution in [1.82, 2.24) is 0 Å². The van der Waals surface area contributed by atoms with Crippen LogP contribution in [0, 0.1) is 13.8 Å². The number of carbonyl (C=O) groups excluding carboxylic acids is 1. The molecule has 7 nitrogen and oxygen atoms in total. The van der Waals surface area contributed by atoms with Gasteiger partial charge in [-0.05, 0) is 44.5 Å². The van der Waals surface area contributed by atoms with Gasteiger partial charge in [0.25, 0.3) is 0 Å². The quantitative estimate of drug-likeness (QED) is 0.659. The lowest BCUT2D eigenvalue weighted by Gasteiger charge is -2.30. The molecule has 2 aromatic carbocycles. The molecule has 7 heteroatoms. The number of nitrogens with zero attached hydrogens (tertiary/aromatic N) is 2. The van der Waals surface area contributed by atoms with E-state index in [0.717, 1.165) is 11.3 Å². The van der Waals surface area contributed by atoms with Crippen LogP contribution in [-0.4, -0.2) is 39.3 Å². The van der Waals surface area contributed by atoms with Crippen molar-refractivity contribution in [3.8, 4) is 0 Å². The van der Waals surface area contributed by atoms with Crippen LogP contribution in [0.25, 0.3) is 11.0 Å². The van der Waals surface area contributed by atoms with E-state index in [1.807, 2.05) is 49.2 Å². The summed E-state index contributed by atoms with van der Waals surface area (Å²) in [7, 11) is 1.98. The molecule has 2 heterocycles. The summed E-state index contributed by atoms with van der Waals surface area (Å²) >= 11 is 0. The molecule has 0 radical (unpaired) electrons. The minimum atomic E-state index is -0.561. The molecule has 168 valence electrons. The highest BCUT2D eigenvalue weighted by molar-refractivity contribution is 6.01. The number of ether oxygens (including phenoxy) is 1. The Morgan fingerprint density at radius 3 is 2.41 bits per heavy atom. The van der Waals surface area contributed by atoms with Crippen LogP contribution in [0.15, 0.2) is 45.6 Å². The van der Waals surface area contributed by atoms with E-state index in [1.54, 1.807) is 19.9 Å². The Morgan fingerprint density at radius 2 is 1.78 bits per heavy atom. The monoisotopic (exact) mass is 435 g/mol. The van der Waals surface area contributed by atoms with Gasteiger partial charge in [-0.3, -0.25) is 9.59 Å². The van der Waals surface area contributed by atoms with E-state index in [1.165, 1.54) is 0 Å². The van der Waals surface area contributed by atoms with Gasteiger partial charge in [-0.15, -0.1) is 0 Å². The van der Waals surface area contributed by atoms with Crippen LogP contribution in [0.3, 0.4) is 0 Å². The van der Waals surface area contributed by atoms with E-state index in [-0.39, 0.29) is 11.5 Å². The minimum Gasteiger partial charge on any atom is -0.440 e. The topological polar surface area (TPSA) is 89.0 Å². The van der Waals surface area contributed by atoms with Crippen LogP contribution in [0.1, 0.15) is 40.0 Å². The largest absolute Gasteiger partial charge is 0.440 e. The molecule has 32 heavy (non-hydrogen) atoms. The van der Waals surface area contributed by atoms with Crippen LogP contribution in [0.5, 0.6) is 0 Å². The van der Waals surface area contributed by atoms with Crippen molar-refractivity contribution in [2.45, 2.75) is 26.8 Å². The number of morpholine rings is 1. The molecule has 4 rings (SSSR count). The number of anilines is 2. The van der Waals surface area contributed by atoms with Crippen LogP contribution in [0.2, 0.25) is 0 Å². The number of amides is 1. The van der Waals surface area contributed by atoms with Gasteiger partial charge in [-0.25, -0.2) is 0 Å². The second kappa shape index (κ2) is 8.67. The Morgan fingerprint density at radius 1 is 1.12 bits per heavy atom. The highest BCUT2D eigenvalue weighted by Gasteiger charge is 2.26. The van der Waals surface area contributed by atoms with Crippen molar-refractivity contribution >= 4 is 28.4 Å². The van der Waals surface area contributed by atoms with Gasteiger partial charge in [0.2, 0.25) is 11.8 Å². The molecule has 1 saturated heterocycles. The third-order valence-corrected chi connectivity index (χ3v) is 6.41. The summed E-state index contributed by atoms with van der Waals surface area (Å²) in [5.74, 6) is 0.00219. The van der Waals surface area contributed by atoms with Crippen molar-refractivity contribution < 1.29 is 13.9 Å². The van der Waals surface area contributed by atoms with Gasteiger partial charge in [0, 0.05) is 37.0 Å². The Balaban J connectivity index is 1.97. The molecular weight excluding hydrogens is 406 g/mol. The number of hydrogen-bond donors (Lipinski definition) is 1. The summed E-state index contributed by atoms with van der Waals surface area (Å²) in [6.07, 6.45) is 0. The predicted octanol–water partition coefficient (Wildman–Crippen LogP) is 3.54. The second-order valence-electron chi connectivity index (χ2n) is 8.29. The zero-order chi connectivity index (χ0) is 23.0. The first kappa shape index (κ1) is 21.9. The summed E-state index contributed by atoms with van der Waals surface area (Å²) in [6.45, 7) is 8.02. The van der Waals surface area contributed by atoms with Crippen molar-refractivity contribution in [3.63, 3.8) is 0 Å². The molecule has 1 aliphatic heterocycles. The number of aryl methyl sites for hydroxylation is 1. The molecule has 1 unspecified atom stereocenters. The molecule has 3 aromatic rings. The van der Waals surface area contributed by atoms with Crippen molar-refractivity contribution in [2.75, 3.05) is 43.2 Å². The second-order valence-corrected chi connectivity index (χ2v) is 8.29. The van der Waals surface area contributed by atoms with Gasteiger partial charge in [-0.1, -0.05) is 18.2 Å². The lowest BCUT2D eigenvalue weighted by Crippen LogP contribution is -2.37. The normalized spacial score (nSPS) is 15.1. The van der Waals surface area contributed by atoms with Crippen LogP contribution >= 0.6 is 0 Å². The molecule has 0 bridgehead atoms. The number of para-hydroxylation sites is 1. The molecule has 1 amide bonds. The molecule has 1 aromatic heterocycles. The first-order valence-corrected chi connectivity index (χ1v) is 10.8. The third-order valence-electron chi connectivity index (χ3n) is 6.41. The van der Waals surface area contributed by atoms with Crippen LogP contribution < -0.4 is 21.0 Å². The third kappa shape index (κ3) is 3.73. The molecule has 1 aliphatic rings. The maximum Gasteiger partial charge on any atom is 0.249 e. The highest BCUT2D eigenvalue weighted by atomic mass is 16.5. The lowest BCUT2D eigenvalue weighted by molar-refractivity contribution is 0.0999. The van der Waals surface area contributed by atoms with Gasteiger partial charge in [0.15, 0.2) is 5.43 Å². The summed E-state index contributed by atoms with van der Waals surface area (Å²) in [4.78, 5) is 29.9. The predicted molar refractivity (Wildman–Crippen MR) is 127 cm³/mol. The number of rotatable bonds is 5. The van der Waals surface area contributed by atoms with Gasteiger partial charge >= 0.3 is 0 Å². The van der Waals surface area contributed by atoms with Gasteiger partial charge in [0.1, 0.15) is 5.58 Å². The molecule has 1 atom stereocenters. The average molecular weight is 436 g/mol. The highest BCUT2D eigenvalue weighted by Crippen LogP contribution is 2.35. The molecule has 1 fully saturated rings. The van der Waals surface area contributed by atoms with Crippen LogP contribution in [-0.2, 0) is 4.74 Å². The zero-order valence-corrected chi connectivity index (χ0v) is 19.0. The van der Waals surface area contributed by atoms with E-state index in [4.69, 9.17) is 14.9 Å². The van der Waals surface area contributed by atoms with E-state index in [2.05, 4.69) is 4.90 Å². The smallest absolute Gasteiger partial charge is 0.249 e. The first-order valence-electron chi connectivity index (χ1n) is 10.8. The van der Waals surface area contributed by atoms with Crippen molar-refractivity contribution in [2.24, 2.45) is 5.73 Å². The number of hydrogen-bond acceptors (Lipinski definition) is 6. The maximum atomic E-state index is 13.5. The first-order chi connectivity index (χ1) is 15.3. The Hall–Kier alpha value is -3.32. The molecule has 0 saturated carbocycles. The van der Waals surface area contributed by atoms with Gasteiger partial charge in [-0.2, -0.15) is 0 Å². The standard InChI is InChI=1S/C25H29N3O4/c1-15-19(24(26)30)14-20(17(3)27(4)18-8-6-5-7-9-18)23-21(15)22(29)16(2)25(32-23)28-10-12-31-13-11-28/h5-9,14,17H,10-13H2,1-4H3,(H2,26,30). The Kier molecular flexibility index (Phi) is 5.93. The minimum absolute atomic E-state index is 0.135. The zero-order valence-electron chi connectivity index (χ0n) is 19.0. The van der Waals surface area contributed by atoms with E-state index in [0.29, 0.717) is 59.8 Å². The summed E-state index contributed by atoms with van der Waals surface area (Å²) in [6, 6.07) is 11.5. The van der Waals surface area contributed by atoms with E-state index < -0.39 is 5.91 Å². The summed E-state index contributed by atoms with van der Waals surface area (Å²) < 4.78 is 11.9. The molecule has 0 spiro atoms. The fraction of sp³-hybridized carbons (Fsp3) is 0.360. The summed E-state index contributed by atoms with van der Waals surface area (Å²) in [5, 5.41) is 0.416. The Bertz CT molecular complexity index is 1210. The van der Waals surface area contributed by atoms with Gasteiger partial charge < -0.3 is 24.7 Å². The number of primary amides is 1. The average Bonchev–Trinajstić information content (AvgIpc) is 2.81. The fourth-order valence-corrected chi connectivity index (χ4v) is 4.35. The maximum absolute atomic E-state index is 13.5. The number of benzene rings is 2. The number of fused-ring (bicyclic) bond motifs is 1. The van der Waals surface area contributed by atoms with Crippen molar-refractivity contribution in [3.05, 3.63) is 68.9 Å². The molecular formula is C25H29N3O4. The van der Waals surface area contributed by atoms with Gasteiger partial charge in [0.05, 0.1) is 30.2 Å². The van der Waals surface area contributed by atoms with Crippen LogP contribution in [0.4, 0.5) is 11.6 Å². The number of nitrogens with two attached hydrogens (primary N) is 1. The Labute approximate surface area is 187 Å². The number of carbonyl (C=O) groups is 1. The molecule has 0 aliphatic carbocycles.